The van der Waals surface area contributed by atoms with Gasteiger partial charge in [-0.3, -0.25) is 4.57 Å². The van der Waals surface area contributed by atoms with Crippen LogP contribution in [-0.2, 0) is 4.74 Å². The fourth-order valence-electron chi connectivity index (χ4n) is 1.67. The van der Waals surface area contributed by atoms with Crippen LogP contribution in [0.2, 0.25) is 0 Å². The summed E-state index contributed by atoms with van der Waals surface area (Å²) in [7, 11) is 0. The van der Waals surface area contributed by atoms with Gasteiger partial charge in [-0.2, -0.15) is 4.98 Å². The van der Waals surface area contributed by atoms with E-state index in [0.717, 1.165) is 0 Å². The maximum absolute atomic E-state index is 11.5. The Morgan fingerprint density at radius 3 is 3.06 bits per heavy atom. The van der Waals surface area contributed by atoms with E-state index in [9.17, 15) is 9.90 Å². The molecule has 88 valence electrons. The summed E-state index contributed by atoms with van der Waals surface area (Å²) in [6, 6.07) is 1.54. The Labute approximate surface area is 106 Å². The molecule has 0 bridgehead atoms. The highest BCUT2D eigenvalue weighted by atomic mass is 127. The molecule has 0 saturated carbocycles. The van der Waals surface area contributed by atoms with E-state index in [1.54, 1.807) is 0 Å². The molecule has 1 aliphatic rings. The lowest BCUT2D eigenvalue weighted by Crippen LogP contribution is -2.27. The monoisotopic (exact) mass is 337 g/mol. The molecule has 7 heteroatoms. The molecule has 1 fully saturated rings. The van der Waals surface area contributed by atoms with E-state index in [-0.39, 0.29) is 11.9 Å². The zero-order valence-corrected chi connectivity index (χ0v) is 10.6. The molecule has 1 aromatic rings. The third-order valence-corrected chi connectivity index (χ3v) is 3.39. The molecule has 0 aromatic carbocycles. The molecule has 6 nitrogen and oxygen atoms in total. The number of nitrogens with two attached hydrogens (primary N) is 1. The van der Waals surface area contributed by atoms with Crippen LogP contribution in [0.1, 0.15) is 12.6 Å². The molecule has 2 heterocycles. The van der Waals surface area contributed by atoms with Gasteiger partial charge in [-0.25, -0.2) is 4.79 Å². The van der Waals surface area contributed by atoms with Gasteiger partial charge in [0.2, 0.25) is 0 Å². The Bertz CT molecular complexity index is 436. The minimum Gasteiger partial charge on any atom is -0.390 e. The molecule has 1 saturated heterocycles. The van der Waals surface area contributed by atoms with Crippen molar-refractivity contribution in [2.24, 2.45) is 0 Å². The van der Waals surface area contributed by atoms with Crippen LogP contribution in [0.4, 0.5) is 5.82 Å². The normalized spacial score (nSPS) is 29.5. The van der Waals surface area contributed by atoms with Gasteiger partial charge in [-0.05, 0) is 6.07 Å². The van der Waals surface area contributed by atoms with Gasteiger partial charge in [0.25, 0.3) is 0 Å². The number of rotatable bonds is 2. The minimum absolute atomic E-state index is 0.185. The summed E-state index contributed by atoms with van der Waals surface area (Å²) in [6.07, 6.45) is 0.730. The van der Waals surface area contributed by atoms with Crippen molar-refractivity contribution in [1.82, 2.24) is 9.55 Å². The number of alkyl halides is 1. The van der Waals surface area contributed by atoms with E-state index in [4.69, 9.17) is 10.5 Å². The second-order valence-electron chi connectivity index (χ2n) is 3.63. The quantitative estimate of drug-likeness (QED) is 0.581. The Morgan fingerprint density at radius 1 is 1.75 bits per heavy atom. The molecular formula is C9H12IN3O3. The first-order valence-corrected chi connectivity index (χ1v) is 6.38. The number of aliphatic hydroxyl groups excluding tert-OH is 1. The first-order chi connectivity index (χ1) is 7.61. The maximum atomic E-state index is 11.5. The van der Waals surface area contributed by atoms with Crippen LogP contribution in [0.5, 0.6) is 0 Å². The number of aromatic nitrogens is 2. The Hall–Kier alpha value is -0.670. The van der Waals surface area contributed by atoms with Gasteiger partial charge in [0.1, 0.15) is 12.0 Å². The van der Waals surface area contributed by atoms with Crippen LogP contribution in [-0.4, -0.2) is 31.3 Å². The van der Waals surface area contributed by atoms with Gasteiger partial charge in [0.15, 0.2) is 0 Å². The number of nitrogens with zero attached hydrogens (tertiary/aromatic N) is 2. The van der Waals surface area contributed by atoms with Crippen molar-refractivity contribution >= 4 is 28.4 Å². The molecule has 0 spiro atoms. The van der Waals surface area contributed by atoms with E-state index >= 15 is 0 Å². The van der Waals surface area contributed by atoms with E-state index in [2.05, 4.69) is 27.6 Å². The summed E-state index contributed by atoms with van der Waals surface area (Å²) in [5.41, 5.74) is 4.94. The predicted molar refractivity (Wildman–Crippen MR) is 66.3 cm³/mol. The van der Waals surface area contributed by atoms with Gasteiger partial charge in [-0.1, -0.05) is 22.6 Å². The molecule has 0 radical (unpaired) electrons. The van der Waals surface area contributed by atoms with Crippen LogP contribution >= 0.6 is 22.6 Å². The average Bonchev–Trinajstić information content (AvgIpc) is 2.59. The second kappa shape index (κ2) is 4.68. The van der Waals surface area contributed by atoms with Crippen LogP contribution in [0.3, 0.4) is 0 Å². The largest absolute Gasteiger partial charge is 0.390 e. The summed E-state index contributed by atoms with van der Waals surface area (Å²) in [5.74, 6) is 0.185. The lowest BCUT2D eigenvalue weighted by molar-refractivity contribution is -0.00600. The van der Waals surface area contributed by atoms with E-state index in [1.165, 1.54) is 16.8 Å². The fraction of sp³-hybridized carbons (Fsp3) is 0.556. The first-order valence-electron chi connectivity index (χ1n) is 4.86. The van der Waals surface area contributed by atoms with Crippen molar-refractivity contribution in [1.29, 1.82) is 0 Å². The van der Waals surface area contributed by atoms with Crippen LogP contribution in [0.25, 0.3) is 0 Å². The van der Waals surface area contributed by atoms with Crippen LogP contribution < -0.4 is 11.4 Å². The summed E-state index contributed by atoms with van der Waals surface area (Å²) < 4.78 is 7.59. The number of halogens is 1. The highest BCUT2D eigenvalue weighted by Gasteiger charge is 2.34. The van der Waals surface area contributed by atoms with Crippen molar-refractivity contribution in [3.8, 4) is 0 Å². The summed E-state index contributed by atoms with van der Waals surface area (Å²) >= 11 is 2.14. The van der Waals surface area contributed by atoms with Crippen molar-refractivity contribution in [3.05, 3.63) is 22.7 Å². The van der Waals surface area contributed by atoms with Gasteiger partial charge in [0.05, 0.1) is 12.2 Å². The first kappa shape index (κ1) is 11.8. The Balaban J connectivity index is 2.23. The Morgan fingerprint density at radius 2 is 2.50 bits per heavy atom. The maximum Gasteiger partial charge on any atom is 0.351 e. The average molecular weight is 337 g/mol. The van der Waals surface area contributed by atoms with Gasteiger partial charge in [-0.15, -0.1) is 0 Å². The summed E-state index contributed by atoms with van der Waals surface area (Å²) in [4.78, 5) is 15.2. The minimum atomic E-state index is -0.536. The molecule has 16 heavy (non-hydrogen) atoms. The molecule has 2 rings (SSSR count). The molecule has 1 aliphatic heterocycles. The van der Waals surface area contributed by atoms with Crippen molar-refractivity contribution in [2.75, 3.05) is 10.2 Å². The van der Waals surface area contributed by atoms with E-state index < -0.39 is 18.0 Å². The number of anilines is 1. The van der Waals surface area contributed by atoms with Gasteiger partial charge < -0.3 is 15.6 Å². The highest BCUT2D eigenvalue weighted by Crippen LogP contribution is 2.28. The highest BCUT2D eigenvalue weighted by molar-refractivity contribution is 14.1. The lowest BCUT2D eigenvalue weighted by atomic mass is 10.2. The van der Waals surface area contributed by atoms with Crippen molar-refractivity contribution in [2.45, 2.75) is 24.9 Å². The van der Waals surface area contributed by atoms with Crippen molar-refractivity contribution in [3.63, 3.8) is 0 Å². The third kappa shape index (κ3) is 2.20. The lowest BCUT2D eigenvalue weighted by Gasteiger charge is -2.13. The molecule has 0 aliphatic carbocycles. The van der Waals surface area contributed by atoms with E-state index in [1.807, 2.05) is 0 Å². The molecule has 0 unspecified atom stereocenters. The molecular weight excluding hydrogens is 325 g/mol. The molecule has 0 amide bonds. The fourth-order valence-corrected chi connectivity index (χ4v) is 2.46. The van der Waals surface area contributed by atoms with Gasteiger partial charge >= 0.3 is 5.69 Å². The second-order valence-corrected chi connectivity index (χ2v) is 4.51. The molecule has 3 N–H and O–H groups in total. The summed E-state index contributed by atoms with van der Waals surface area (Å²) in [6.45, 7) is 0. The summed E-state index contributed by atoms with van der Waals surface area (Å²) in [5, 5.41) is 9.68. The topological polar surface area (TPSA) is 90.4 Å². The molecule has 3 atom stereocenters. The van der Waals surface area contributed by atoms with E-state index in [0.29, 0.717) is 10.8 Å². The van der Waals surface area contributed by atoms with Crippen LogP contribution in [0, 0.1) is 0 Å². The third-order valence-electron chi connectivity index (χ3n) is 2.52. The number of nitrogen functional groups attached to an aromatic ring is 1. The predicted octanol–water partition coefficient (Wildman–Crippen LogP) is -0.0911. The standard InChI is InChI=1S/C9H12IN3O3/c10-4-6-5(14)3-8(16-6)13-2-1-7(11)12-9(13)15/h1-2,5-6,8,14H,3-4H2,(H2,11,12,15)/t5-,6+,8+/m0/s1. The Kier molecular flexibility index (Phi) is 3.45. The number of ether oxygens (including phenoxy) is 1. The number of hydrogen-bond acceptors (Lipinski definition) is 5. The number of hydrogen-bond donors (Lipinski definition) is 2. The molecule has 1 aromatic heterocycles. The van der Waals surface area contributed by atoms with Gasteiger partial charge in [0, 0.05) is 17.0 Å². The zero-order chi connectivity index (χ0) is 11.7. The zero-order valence-electron chi connectivity index (χ0n) is 8.41. The number of aliphatic hydroxyl groups is 1. The smallest absolute Gasteiger partial charge is 0.351 e. The van der Waals surface area contributed by atoms with Crippen molar-refractivity contribution < 1.29 is 9.84 Å². The SMILES string of the molecule is Nc1ccn([C@H]2C[C@H](O)[C@@H](CI)O2)c(=O)n1. The van der Waals surface area contributed by atoms with Crippen LogP contribution in [0.15, 0.2) is 17.1 Å².